The van der Waals surface area contributed by atoms with Crippen molar-refractivity contribution in [2.75, 3.05) is 19.6 Å². The van der Waals surface area contributed by atoms with Crippen molar-refractivity contribution < 1.29 is 5.11 Å². The first-order valence-electron chi connectivity index (χ1n) is 7.53. The highest BCUT2D eigenvalue weighted by Gasteiger charge is 2.26. The molecule has 2 aliphatic rings. The molecule has 0 amide bonds. The summed E-state index contributed by atoms with van der Waals surface area (Å²) < 4.78 is 0. The van der Waals surface area contributed by atoms with Crippen molar-refractivity contribution in [3.8, 4) is 5.75 Å². The summed E-state index contributed by atoms with van der Waals surface area (Å²) in [5, 5.41) is 12.9. The monoisotopic (exact) mass is 260 g/mol. The molecule has 1 aliphatic carbocycles. The van der Waals surface area contributed by atoms with E-state index in [2.05, 4.69) is 10.2 Å². The molecule has 1 atom stereocenters. The molecule has 1 saturated carbocycles. The summed E-state index contributed by atoms with van der Waals surface area (Å²) in [5.74, 6) is 1.29. The lowest BCUT2D eigenvalue weighted by Gasteiger charge is -2.25. The first kappa shape index (κ1) is 12.9. The van der Waals surface area contributed by atoms with Crippen molar-refractivity contribution in [3.63, 3.8) is 0 Å². The first-order chi connectivity index (χ1) is 9.29. The van der Waals surface area contributed by atoms with Crippen LogP contribution in [0.4, 0.5) is 0 Å². The van der Waals surface area contributed by atoms with E-state index in [-0.39, 0.29) is 0 Å². The van der Waals surface area contributed by atoms with E-state index in [1.807, 2.05) is 12.1 Å². The van der Waals surface area contributed by atoms with Crippen LogP contribution < -0.4 is 5.32 Å². The maximum Gasteiger partial charge on any atom is 0.115 e. The minimum atomic E-state index is 0.356. The van der Waals surface area contributed by atoms with Gasteiger partial charge >= 0.3 is 0 Å². The van der Waals surface area contributed by atoms with Crippen molar-refractivity contribution in [2.45, 2.75) is 38.3 Å². The topological polar surface area (TPSA) is 35.5 Å². The second-order valence-corrected chi connectivity index (χ2v) is 6.10. The fourth-order valence-electron chi connectivity index (χ4n) is 2.95. The number of phenolic OH excluding ortho intramolecular Hbond substituents is 1. The normalized spacial score (nSPS) is 23.1. The third kappa shape index (κ3) is 3.95. The van der Waals surface area contributed by atoms with E-state index in [0.29, 0.717) is 11.8 Å². The van der Waals surface area contributed by atoms with Gasteiger partial charge < -0.3 is 10.4 Å². The number of nitrogens with one attached hydrogen (secondary N) is 1. The zero-order valence-electron chi connectivity index (χ0n) is 11.5. The van der Waals surface area contributed by atoms with Crippen LogP contribution in [-0.4, -0.2) is 35.7 Å². The summed E-state index contributed by atoms with van der Waals surface area (Å²) in [6, 6.07) is 8.33. The molecule has 104 valence electrons. The molecule has 3 heteroatoms. The fourth-order valence-corrected chi connectivity index (χ4v) is 2.95. The molecule has 0 radical (unpaired) electrons. The summed E-state index contributed by atoms with van der Waals surface area (Å²) in [5.41, 5.74) is 1.30. The van der Waals surface area contributed by atoms with Crippen molar-refractivity contribution in [3.05, 3.63) is 29.8 Å². The largest absolute Gasteiger partial charge is 0.508 e. The molecule has 1 aromatic carbocycles. The van der Waals surface area contributed by atoms with Crippen molar-refractivity contribution in [1.82, 2.24) is 10.2 Å². The van der Waals surface area contributed by atoms with Crippen LogP contribution in [0.1, 0.15) is 31.2 Å². The predicted molar refractivity (Wildman–Crippen MR) is 77.1 cm³/mol. The van der Waals surface area contributed by atoms with Gasteiger partial charge in [-0.15, -0.1) is 0 Å². The molecule has 1 unspecified atom stereocenters. The van der Waals surface area contributed by atoms with E-state index in [1.165, 1.54) is 44.3 Å². The van der Waals surface area contributed by atoms with E-state index >= 15 is 0 Å². The van der Waals surface area contributed by atoms with Gasteiger partial charge in [-0.3, -0.25) is 4.90 Å². The molecule has 2 fully saturated rings. The third-order valence-corrected chi connectivity index (χ3v) is 4.20. The predicted octanol–water partition coefficient (Wildman–Crippen LogP) is 2.36. The first-order valence-corrected chi connectivity index (χ1v) is 7.53. The lowest BCUT2D eigenvalue weighted by Crippen LogP contribution is -2.38. The molecular weight excluding hydrogens is 236 g/mol. The Morgan fingerprint density at radius 3 is 2.53 bits per heavy atom. The van der Waals surface area contributed by atoms with Crippen molar-refractivity contribution in [2.24, 2.45) is 5.92 Å². The average Bonchev–Trinajstić information content (AvgIpc) is 3.06. The highest BCUT2D eigenvalue weighted by Crippen LogP contribution is 2.30. The number of phenols is 1. The van der Waals surface area contributed by atoms with E-state index in [0.717, 1.165) is 19.0 Å². The van der Waals surface area contributed by atoms with Crippen LogP contribution >= 0.6 is 0 Å². The number of benzene rings is 1. The lowest BCUT2D eigenvalue weighted by atomic mass is 10.1. The van der Waals surface area contributed by atoms with Gasteiger partial charge in [-0.1, -0.05) is 12.1 Å². The highest BCUT2D eigenvalue weighted by atomic mass is 16.3. The molecule has 1 aromatic rings. The Balaban J connectivity index is 1.58. The van der Waals surface area contributed by atoms with Crippen LogP contribution in [-0.2, 0) is 6.54 Å². The minimum absolute atomic E-state index is 0.356. The molecule has 0 spiro atoms. The summed E-state index contributed by atoms with van der Waals surface area (Å²) in [7, 11) is 0. The molecule has 3 rings (SSSR count). The number of aromatic hydroxyl groups is 1. The average molecular weight is 260 g/mol. The summed E-state index contributed by atoms with van der Waals surface area (Å²) in [4.78, 5) is 2.59. The van der Waals surface area contributed by atoms with Gasteiger partial charge in [-0.2, -0.15) is 0 Å². The van der Waals surface area contributed by atoms with E-state index in [4.69, 9.17) is 0 Å². The molecule has 19 heavy (non-hydrogen) atoms. The number of hydrogen-bond acceptors (Lipinski definition) is 3. The van der Waals surface area contributed by atoms with Gasteiger partial charge in [0.1, 0.15) is 5.75 Å². The van der Waals surface area contributed by atoms with Crippen LogP contribution in [0.3, 0.4) is 0 Å². The number of nitrogens with zero attached hydrogens (tertiary/aromatic N) is 1. The highest BCUT2D eigenvalue weighted by molar-refractivity contribution is 5.25. The molecule has 1 aliphatic heterocycles. The fraction of sp³-hybridized carbons (Fsp3) is 0.625. The van der Waals surface area contributed by atoms with Gasteiger partial charge in [0.2, 0.25) is 0 Å². The van der Waals surface area contributed by atoms with Crippen LogP contribution in [0.2, 0.25) is 0 Å². The minimum Gasteiger partial charge on any atom is -0.508 e. The second kappa shape index (κ2) is 5.93. The zero-order valence-corrected chi connectivity index (χ0v) is 11.5. The Kier molecular flexibility index (Phi) is 4.04. The van der Waals surface area contributed by atoms with Crippen LogP contribution in [0.25, 0.3) is 0 Å². The van der Waals surface area contributed by atoms with Crippen molar-refractivity contribution >= 4 is 0 Å². The van der Waals surface area contributed by atoms with Gasteiger partial charge in [0.15, 0.2) is 0 Å². The maximum atomic E-state index is 9.35. The molecule has 0 aromatic heterocycles. The smallest absolute Gasteiger partial charge is 0.115 e. The molecular formula is C16H24N2O. The Labute approximate surface area is 115 Å². The van der Waals surface area contributed by atoms with Crippen LogP contribution in [0.15, 0.2) is 24.3 Å². The van der Waals surface area contributed by atoms with Gasteiger partial charge in [-0.05, 0) is 55.8 Å². The Morgan fingerprint density at radius 1 is 1.11 bits per heavy atom. The van der Waals surface area contributed by atoms with Crippen LogP contribution in [0, 0.1) is 5.92 Å². The molecule has 2 N–H and O–H groups in total. The third-order valence-electron chi connectivity index (χ3n) is 4.20. The molecule has 1 saturated heterocycles. The SMILES string of the molecule is Oc1ccc(CN(CC2CC2)CC2CCCN2)cc1. The quantitative estimate of drug-likeness (QED) is 0.824. The van der Waals surface area contributed by atoms with Gasteiger partial charge in [0.05, 0.1) is 0 Å². The number of rotatable bonds is 6. The molecule has 1 heterocycles. The zero-order chi connectivity index (χ0) is 13.1. The Bertz CT molecular complexity index is 394. The van der Waals surface area contributed by atoms with Gasteiger partial charge in [-0.25, -0.2) is 0 Å². The standard InChI is InChI=1S/C16H24N2O/c19-16-7-5-14(6-8-16)11-18(10-13-3-4-13)12-15-2-1-9-17-15/h5-8,13,15,17,19H,1-4,9-12H2. The Hall–Kier alpha value is -1.06. The van der Waals surface area contributed by atoms with Gasteiger partial charge in [0, 0.05) is 25.7 Å². The van der Waals surface area contributed by atoms with E-state index in [1.54, 1.807) is 12.1 Å². The maximum absolute atomic E-state index is 9.35. The van der Waals surface area contributed by atoms with E-state index in [9.17, 15) is 5.11 Å². The van der Waals surface area contributed by atoms with Crippen molar-refractivity contribution in [1.29, 1.82) is 0 Å². The number of hydrogen-bond donors (Lipinski definition) is 2. The lowest BCUT2D eigenvalue weighted by molar-refractivity contribution is 0.232. The van der Waals surface area contributed by atoms with Gasteiger partial charge in [0.25, 0.3) is 0 Å². The second-order valence-electron chi connectivity index (χ2n) is 6.10. The Morgan fingerprint density at radius 2 is 1.89 bits per heavy atom. The van der Waals surface area contributed by atoms with Crippen LogP contribution in [0.5, 0.6) is 5.75 Å². The summed E-state index contributed by atoms with van der Waals surface area (Å²) in [6.45, 7) is 4.59. The summed E-state index contributed by atoms with van der Waals surface area (Å²) >= 11 is 0. The molecule has 0 bridgehead atoms. The molecule has 3 nitrogen and oxygen atoms in total. The van der Waals surface area contributed by atoms with E-state index < -0.39 is 0 Å². The summed E-state index contributed by atoms with van der Waals surface area (Å²) in [6.07, 6.45) is 5.45.